The molecule has 0 radical (unpaired) electrons. The number of nitrogens with one attached hydrogen (secondary N) is 2. The van der Waals surface area contributed by atoms with E-state index in [0.29, 0.717) is 16.5 Å². The minimum Gasteiger partial charge on any atom is -0.368 e. The van der Waals surface area contributed by atoms with Crippen LogP contribution in [-0.2, 0) is 6.42 Å². The van der Waals surface area contributed by atoms with E-state index < -0.39 is 0 Å². The van der Waals surface area contributed by atoms with Gasteiger partial charge in [-0.25, -0.2) is 0 Å². The third-order valence-corrected chi connectivity index (χ3v) is 4.30. The highest BCUT2D eigenvalue weighted by molar-refractivity contribution is 6.31. The van der Waals surface area contributed by atoms with Crippen molar-refractivity contribution in [2.75, 3.05) is 17.2 Å². The summed E-state index contributed by atoms with van der Waals surface area (Å²) in [5.41, 5.74) is 3.07. The lowest BCUT2D eigenvalue weighted by atomic mass is 10.1. The predicted octanol–water partition coefficient (Wildman–Crippen LogP) is 4.35. The summed E-state index contributed by atoms with van der Waals surface area (Å²) in [6.07, 6.45) is 0.888. The fraction of sp³-hybridized carbons (Fsp3) is 0.150. The number of carbonyl (C=O) groups excluding carboxylic acids is 1. The lowest BCUT2D eigenvalue weighted by molar-refractivity contribution is 0.102. The molecule has 1 aromatic heterocycles. The van der Waals surface area contributed by atoms with Crippen LogP contribution >= 0.6 is 11.6 Å². The third kappa shape index (κ3) is 4.80. The average molecular weight is 367 g/mol. The van der Waals surface area contributed by atoms with E-state index >= 15 is 0 Å². The van der Waals surface area contributed by atoms with Gasteiger partial charge in [0.05, 0.1) is 0 Å². The van der Waals surface area contributed by atoms with Crippen molar-refractivity contribution in [3.05, 3.63) is 82.5 Å². The SMILES string of the molecule is Cc1ccc(NC(=O)c2ccc(NCCc3ccccc3)nn2)cc1Cl. The molecule has 0 saturated carbocycles. The zero-order valence-corrected chi connectivity index (χ0v) is 15.1. The summed E-state index contributed by atoms with van der Waals surface area (Å²) < 4.78 is 0. The lowest BCUT2D eigenvalue weighted by Crippen LogP contribution is -2.15. The van der Waals surface area contributed by atoms with E-state index in [0.717, 1.165) is 18.5 Å². The third-order valence-electron chi connectivity index (χ3n) is 3.89. The number of anilines is 2. The van der Waals surface area contributed by atoms with Crippen LogP contribution in [-0.4, -0.2) is 22.6 Å². The van der Waals surface area contributed by atoms with Crippen LogP contribution in [0.3, 0.4) is 0 Å². The molecule has 0 aliphatic heterocycles. The van der Waals surface area contributed by atoms with Gasteiger partial charge in [-0.05, 0) is 48.7 Å². The lowest BCUT2D eigenvalue weighted by Gasteiger charge is -2.07. The standard InChI is InChI=1S/C20H19ClN4O/c1-14-7-8-16(13-17(14)21)23-20(26)18-9-10-19(25-24-18)22-12-11-15-5-3-2-4-6-15/h2-10,13H,11-12H2,1H3,(H,22,25)(H,23,26). The maximum atomic E-state index is 12.2. The van der Waals surface area contributed by atoms with Crippen LogP contribution in [0.2, 0.25) is 5.02 Å². The van der Waals surface area contributed by atoms with Crippen molar-refractivity contribution in [2.45, 2.75) is 13.3 Å². The normalized spacial score (nSPS) is 10.4. The number of halogens is 1. The van der Waals surface area contributed by atoms with Crippen LogP contribution in [0.15, 0.2) is 60.7 Å². The Balaban J connectivity index is 1.54. The van der Waals surface area contributed by atoms with Gasteiger partial charge in [-0.15, -0.1) is 10.2 Å². The Labute approximate surface area is 157 Å². The van der Waals surface area contributed by atoms with Crippen LogP contribution < -0.4 is 10.6 Å². The summed E-state index contributed by atoms with van der Waals surface area (Å²) in [7, 11) is 0. The monoisotopic (exact) mass is 366 g/mol. The Hall–Kier alpha value is -2.92. The predicted molar refractivity (Wildman–Crippen MR) is 105 cm³/mol. The smallest absolute Gasteiger partial charge is 0.276 e. The number of rotatable bonds is 6. The van der Waals surface area contributed by atoms with E-state index in [1.54, 1.807) is 24.3 Å². The minimum atomic E-state index is -0.326. The Kier molecular flexibility index (Phi) is 5.81. The van der Waals surface area contributed by atoms with E-state index in [4.69, 9.17) is 11.6 Å². The Morgan fingerprint density at radius 3 is 2.54 bits per heavy atom. The van der Waals surface area contributed by atoms with Gasteiger partial charge in [-0.3, -0.25) is 4.79 Å². The maximum Gasteiger partial charge on any atom is 0.276 e. The van der Waals surface area contributed by atoms with Gasteiger partial charge in [-0.2, -0.15) is 0 Å². The summed E-state index contributed by atoms with van der Waals surface area (Å²) in [6.45, 7) is 2.65. The molecule has 0 fully saturated rings. The van der Waals surface area contributed by atoms with Crippen molar-refractivity contribution in [3.8, 4) is 0 Å². The summed E-state index contributed by atoms with van der Waals surface area (Å²) in [5, 5.41) is 14.6. The molecule has 0 atom stereocenters. The second-order valence-corrected chi connectivity index (χ2v) is 6.29. The van der Waals surface area contributed by atoms with Crippen LogP contribution in [0, 0.1) is 6.92 Å². The highest BCUT2D eigenvalue weighted by atomic mass is 35.5. The summed E-state index contributed by atoms with van der Waals surface area (Å²) >= 11 is 6.07. The second kappa shape index (κ2) is 8.45. The Bertz CT molecular complexity index is 882. The molecule has 132 valence electrons. The molecule has 3 rings (SSSR count). The molecule has 1 heterocycles. The number of benzene rings is 2. The van der Waals surface area contributed by atoms with E-state index in [1.165, 1.54) is 5.56 Å². The number of hydrogen-bond donors (Lipinski definition) is 2. The maximum absolute atomic E-state index is 12.2. The molecule has 2 N–H and O–H groups in total. The Morgan fingerprint density at radius 2 is 1.85 bits per heavy atom. The number of hydrogen-bond acceptors (Lipinski definition) is 4. The first-order valence-corrected chi connectivity index (χ1v) is 8.68. The average Bonchev–Trinajstić information content (AvgIpc) is 2.66. The van der Waals surface area contributed by atoms with Crippen LogP contribution in [0.5, 0.6) is 0 Å². The molecular formula is C20H19ClN4O. The quantitative estimate of drug-likeness (QED) is 0.680. The number of aromatic nitrogens is 2. The second-order valence-electron chi connectivity index (χ2n) is 5.88. The fourth-order valence-electron chi connectivity index (χ4n) is 2.39. The molecular weight excluding hydrogens is 348 g/mol. The summed E-state index contributed by atoms with van der Waals surface area (Å²) in [4.78, 5) is 12.2. The Morgan fingerprint density at radius 1 is 1.04 bits per heavy atom. The molecule has 5 nitrogen and oxygen atoms in total. The van der Waals surface area contributed by atoms with Gasteiger partial charge < -0.3 is 10.6 Å². The number of nitrogens with zero attached hydrogens (tertiary/aromatic N) is 2. The molecule has 0 aliphatic rings. The number of amides is 1. The van der Waals surface area contributed by atoms with Crippen LogP contribution in [0.25, 0.3) is 0 Å². The van der Waals surface area contributed by atoms with Crippen molar-refractivity contribution in [3.63, 3.8) is 0 Å². The summed E-state index contributed by atoms with van der Waals surface area (Å²) in [6, 6.07) is 18.9. The molecule has 3 aromatic rings. The largest absolute Gasteiger partial charge is 0.368 e. The zero-order valence-electron chi connectivity index (χ0n) is 14.4. The van der Waals surface area contributed by atoms with E-state index in [2.05, 4.69) is 33.0 Å². The molecule has 26 heavy (non-hydrogen) atoms. The molecule has 0 spiro atoms. The van der Waals surface area contributed by atoms with E-state index in [1.807, 2.05) is 31.2 Å². The van der Waals surface area contributed by atoms with Gasteiger partial charge >= 0.3 is 0 Å². The van der Waals surface area contributed by atoms with Crippen molar-refractivity contribution in [1.82, 2.24) is 10.2 Å². The van der Waals surface area contributed by atoms with Gasteiger partial charge in [0.25, 0.3) is 5.91 Å². The molecule has 0 saturated heterocycles. The fourth-order valence-corrected chi connectivity index (χ4v) is 2.57. The molecule has 2 aromatic carbocycles. The minimum absolute atomic E-state index is 0.246. The highest BCUT2D eigenvalue weighted by Gasteiger charge is 2.09. The summed E-state index contributed by atoms with van der Waals surface area (Å²) in [5.74, 6) is 0.309. The molecule has 6 heteroatoms. The van der Waals surface area contributed by atoms with Crippen LogP contribution in [0.1, 0.15) is 21.6 Å². The first-order valence-electron chi connectivity index (χ1n) is 8.31. The molecule has 0 bridgehead atoms. The van der Waals surface area contributed by atoms with E-state index in [9.17, 15) is 4.79 Å². The van der Waals surface area contributed by atoms with Gasteiger partial charge in [0.2, 0.25) is 0 Å². The molecule has 0 aliphatic carbocycles. The molecule has 0 unspecified atom stereocenters. The number of aryl methyl sites for hydroxylation is 1. The first kappa shape index (κ1) is 17.9. The number of carbonyl (C=O) groups is 1. The van der Waals surface area contributed by atoms with Crippen molar-refractivity contribution < 1.29 is 4.79 Å². The van der Waals surface area contributed by atoms with Gasteiger partial charge in [0, 0.05) is 17.3 Å². The van der Waals surface area contributed by atoms with Gasteiger partial charge in [0.1, 0.15) is 5.82 Å². The first-order chi connectivity index (χ1) is 12.6. The van der Waals surface area contributed by atoms with Gasteiger partial charge in [0.15, 0.2) is 5.69 Å². The molecule has 1 amide bonds. The topological polar surface area (TPSA) is 66.9 Å². The zero-order chi connectivity index (χ0) is 18.4. The van der Waals surface area contributed by atoms with Crippen molar-refractivity contribution in [2.24, 2.45) is 0 Å². The van der Waals surface area contributed by atoms with E-state index in [-0.39, 0.29) is 11.6 Å². The van der Waals surface area contributed by atoms with Crippen LogP contribution in [0.4, 0.5) is 11.5 Å². The van der Waals surface area contributed by atoms with Crippen molar-refractivity contribution >= 4 is 29.0 Å². The van der Waals surface area contributed by atoms with Crippen molar-refractivity contribution in [1.29, 1.82) is 0 Å². The van der Waals surface area contributed by atoms with Gasteiger partial charge in [-0.1, -0.05) is 48.0 Å². The highest BCUT2D eigenvalue weighted by Crippen LogP contribution is 2.20.